The number of anilines is 2. The molecule has 0 saturated heterocycles. The largest absolute Gasteiger partial charge is 0.495 e. The van der Waals surface area contributed by atoms with Gasteiger partial charge in [-0.15, -0.1) is 0 Å². The Hall–Kier alpha value is -3.03. The minimum absolute atomic E-state index is 0.00525. The van der Waals surface area contributed by atoms with Crippen LogP contribution in [0.3, 0.4) is 0 Å². The Balaban J connectivity index is 1.99. The molecule has 3 aromatic rings. The lowest BCUT2D eigenvalue weighted by molar-refractivity contribution is -0.114. The third-order valence-electron chi connectivity index (χ3n) is 4.68. The number of methoxy groups -OCH3 is 1. The number of carbonyl (C=O) groups excluding carboxylic acids is 1. The van der Waals surface area contributed by atoms with Crippen molar-refractivity contribution in [3.63, 3.8) is 0 Å². The summed E-state index contributed by atoms with van der Waals surface area (Å²) in [6.07, 6.45) is 0. The fourth-order valence-electron chi connectivity index (χ4n) is 3.10. The number of nitrogens with zero attached hydrogens (tertiary/aromatic N) is 1. The fourth-order valence-corrected chi connectivity index (χ4v) is 4.99. The van der Waals surface area contributed by atoms with Crippen LogP contribution in [0.1, 0.15) is 11.1 Å². The predicted octanol–water partition coefficient (Wildman–Crippen LogP) is 4.80. The van der Waals surface area contributed by atoms with E-state index in [4.69, 9.17) is 16.3 Å². The molecule has 3 aromatic carbocycles. The van der Waals surface area contributed by atoms with Gasteiger partial charge in [0.25, 0.3) is 10.0 Å². The number of halogens is 1. The molecule has 162 valence electrons. The van der Waals surface area contributed by atoms with Gasteiger partial charge in [-0.3, -0.25) is 9.10 Å². The number of nitrogens with one attached hydrogen (secondary N) is 1. The molecule has 0 spiro atoms. The van der Waals surface area contributed by atoms with Crippen molar-refractivity contribution < 1.29 is 17.9 Å². The van der Waals surface area contributed by atoms with Crippen molar-refractivity contribution in [2.75, 3.05) is 23.3 Å². The summed E-state index contributed by atoms with van der Waals surface area (Å²) in [5.74, 6) is -0.273. The highest BCUT2D eigenvalue weighted by atomic mass is 35.5. The molecule has 0 aliphatic rings. The minimum Gasteiger partial charge on any atom is -0.495 e. The Labute approximate surface area is 187 Å². The number of aryl methyl sites for hydroxylation is 2. The maximum Gasteiger partial charge on any atom is 0.268 e. The number of benzene rings is 3. The SMILES string of the molecule is COc1ccc(C)cc1S(=O)(=O)N(CC(=O)Nc1ccc(Cl)cc1C)c1ccccc1. The smallest absolute Gasteiger partial charge is 0.268 e. The number of ether oxygens (including phenoxy) is 1. The van der Waals surface area contributed by atoms with Gasteiger partial charge in [0, 0.05) is 10.7 Å². The first-order valence-corrected chi connectivity index (χ1v) is 11.3. The molecule has 8 heteroatoms. The van der Waals surface area contributed by atoms with Gasteiger partial charge in [-0.2, -0.15) is 0 Å². The van der Waals surface area contributed by atoms with Gasteiger partial charge in [0.15, 0.2) is 0 Å². The van der Waals surface area contributed by atoms with E-state index in [9.17, 15) is 13.2 Å². The van der Waals surface area contributed by atoms with Crippen LogP contribution in [0, 0.1) is 13.8 Å². The van der Waals surface area contributed by atoms with Crippen LogP contribution in [0.5, 0.6) is 5.75 Å². The molecule has 0 atom stereocenters. The molecular formula is C23H23ClN2O4S. The van der Waals surface area contributed by atoms with Gasteiger partial charge in [-0.05, 0) is 67.4 Å². The lowest BCUT2D eigenvalue weighted by Gasteiger charge is -2.25. The minimum atomic E-state index is -4.10. The zero-order valence-electron chi connectivity index (χ0n) is 17.4. The number of sulfonamides is 1. The number of hydrogen-bond acceptors (Lipinski definition) is 4. The third-order valence-corrected chi connectivity index (χ3v) is 6.71. The fraction of sp³-hybridized carbons (Fsp3) is 0.174. The molecule has 0 unspecified atom stereocenters. The van der Waals surface area contributed by atoms with E-state index in [0.29, 0.717) is 16.4 Å². The molecule has 0 bridgehead atoms. The average Bonchev–Trinajstić information content (AvgIpc) is 2.74. The van der Waals surface area contributed by atoms with Crippen molar-refractivity contribution >= 4 is 38.9 Å². The molecule has 0 fully saturated rings. The van der Waals surface area contributed by atoms with Gasteiger partial charge < -0.3 is 10.1 Å². The molecule has 1 N–H and O–H groups in total. The van der Waals surface area contributed by atoms with E-state index in [1.54, 1.807) is 67.6 Å². The van der Waals surface area contributed by atoms with Crippen molar-refractivity contribution in [2.45, 2.75) is 18.7 Å². The summed E-state index contributed by atoms with van der Waals surface area (Å²) in [5, 5.41) is 3.32. The van der Waals surface area contributed by atoms with Crippen LogP contribution in [-0.2, 0) is 14.8 Å². The Kier molecular flexibility index (Phi) is 6.87. The second-order valence-electron chi connectivity index (χ2n) is 7.01. The van der Waals surface area contributed by atoms with Gasteiger partial charge in [0.1, 0.15) is 17.2 Å². The molecule has 6 nitrogen and oxygen atoms in total. The Morgan fingerprint density at radius 1 is 1.03 bits per heavy atom. The molecular weight excluding hydrogens is 436 g/mol. The van der Waals surface area contributed by atoms with Gasteiger partial charge in [-0.25, -0.2) is 8.42 Å². The molecule has 0 saturated carbocycles. The number of carbonyl (C=O) groups is 1. The number of para-hydroxylation sites is 1. The quantitative estimate of drug-likeness (QED) is 0.551. The molecule has 1 amide bonds. The van der Waals surface area contributed by atoms with Crippen LogP contribution in [0.25, 0.3) is 0 Å². The second-order valence-corrected chi connectivity index (χ2v) is 9.28. The van der Waals surface area contributed by atoms with Crippen molar-refractivity contribution in [2.24, 2.45) is 0 Å². The summed E-state index contributed by atoms with van der Waals surface area (Å²) in [6, 6.07) is 18.4. The van der Waals surface area contributed by atoms with Crippen LogP contribution in [0.4, 0.5) is 11.4 Å². The number of rotatable bonds is 7. The zero-order chi connectivity index (χ0) is 22.6. The standard InChI is InChI=1S/C23H23ClN2O4S/c1-16-9-12-21(30-3)22(13-16)31(28,29)26(19-7-5-4-6-8-19)15-23(27)25-20-11-10-18(24)14-17(20)2/h4-14H,15H2,1-3H3,(H,25,27). The third kappa shape index (κ3) is 5.18. The molecule has 31 heavy (non-hydrogen) atoms. The van der Waals surface area contributed by atoms with Gasteiger partial charge >= 0.3 is 0 Å². The highest BCUT2D eigenvalue weighted by molar-refractivity contribution is 7.93. The van der Waals surface area contributed by atoms with E-state index in [1.807, 2.05) is 6.92 Å². The molecule has 0 heterocycles. The predicted molar refractivity (Wildman–Crippen MR) is 124 cm³/mol. The number of hydrogen-bond donors (Lipinski definition) is 1. The van der Waals surface area contributed by atoms with E-state index in [1.165, 1.54) is 13.2 Å². The van der Waals surface area contributed by atoms with Crippen LogP contribution in [0.2, 0.25) is 5.02 Å². The summed E-state index contributed by atoms with van der Waals surface area (Å²) >= 11 is 5.97. The lowest BCUT2D eigenvalue weighted by Crippen LogP contribution is -2.38. The molecule has 0 aromatic heterocycles. The lowest BCUT2D eigenvalue weighted by atomic mass is 10.2. The topological polar surface area (TPSA) is 75.7 Å². The van der Waals surface area contributed by atoms with Gasteiger partial charge in [0.2, 0.25) is 5.91 Å². The van der Waals surface area contributed by atoms with Crippen molar-refractivity contribution in [3.8, 4) is 5.75 Å². The molecule has 0 aliphatic heterocycles. The zero-order valence-corrected chi connectivity index (χ0v) is 19.0. The second kappa shape index (κ2) is 9.41. The maximum atomic E-state index is 13.6. The van der Waals surface area contributed by atoms with Crippen LogP contribution >= 0.6 is 11.6 Å². The maximum absolute atomic E-state index is 13.6. The van der Waals surface area contributed by atoms with Crippen molar-refractivity contribution in [1.82, 2.24) is 0 Å². The summed E-state index contributed by atoms with van der Waals surface area (Å²) in [5.41, 5.74) is 2.46. The summed E-state index contributed by atoms with van der Waals surface area (Å²) in [4.78, 5) is 12.8. The monoisotopic (exact) mass is 458 g/mol. The van der Waals surface area contributed by atoms with Gasteiger partial charge in [-0.1, -0.05) is 35.9 Å². The van der Waals surface area contributed by atoms with E-state index >= 15 is 0 Å². The normalized spacial score (nSPS) is 11.1. The summed E-state index contributed by atoms with van der Waals surface area (Å²) < 4.78 is 33.6. The Morgan fingerprint density at radius 3 is 2.39 bits per heavy atom. The Bertz CT molecular complexity index is 1200. The average molecular weight is 459 g/mol. The van der Waals surface area contributed by atoms with Gasteiger partial charge in [0.05, 0.1) is 12.8 Å². The first kappa shape index (κ1) is 22.7. The van der Waals surface area contributed by atoms with E-state index in [0.717, 1.165) is 15.4 Å². The molecule has 3 rings (SSSR count). The van der Waals surface area contributed by atoms with Crippen LogP contribution < -0.4 is 14.4 Å². The molecule has 0 radical (unpaired) electrons. The summed E-state index contributed by atoms with van der Waals surface area (Å²) in [6.45, 7) is 3.19. The van der Waals surface area contributed by atoms with Crippen LogP contribution in [-0.4, -0.2) is 28.0 Å². The summed E-state index contributed by atoms with van der Waals surface area (Å²) in [7, 11) is -2.69. The van der Waals surface area contributed by atoms with Crippen molar-refractivity contribution in [1.29, 1.82) is 0 Å². The van der Waals surface area contributed by atoms with Crippen LogP contribution in [0.15, 0.2) is 71.6 Å². The van der Waals surface area contributed by atoms with Crippen molar-refractivity contribution in [3.05, 3.63) is 82.9 Å². The first-order chi connectivity index (χ1) is 14.7. The number of amides is 1. The molecule has 0 aliphatic carbocycles. The van der Waals surface area contributed by atoms with E-state index < -0.39 is 22.5 Å². The highest BCUT2D eigenvalue weighted by Gasteiger charge is 2.30. The highest BCUT2D eigenvalue weighted by Crippen LogP contribution is 2.31. The first-order valence-electron chi connectivity index (χ1n) is 9.51. The Morgan fingerprint density at radius 2 is 1.74 bits per heavy atom. The van der Waals surface area contributed by atoms with E-state index in [-0.39, 0.29) is 10.6 Å². The van der Waals surface area contributed by atoms with E-state index in [2.05, 4.69) is 5.32 Å².